The Morgan fingerprint density at radius 2 is 0.885 bits per heavy atom. The number of aliphatic hydroxyl groups is 2. The molecule has 0 aromatic carbocycles. The summed E-state index contributed by atoms with van der Waals surface area (Å²) in [5, 5.41) is 23.8. The molecule has 356 valence electrons. The van der Waals surface area contributed by atoms with Gasteiger partial charge in [0, 0.05) is 6.42 Å². The van der Waals surface area contributed by atoms with Crippen LogP contribution in [0.4, 0.5) is 0 Å². The van der Waals surface area contributed by atoms with E-state index in [-0.39, 0.29) is 31.3 Å². The maximum absolute atomic E-state index is 13.2. The van der Waals surface area contributed by atoms with Gasteiger partial charge in [0.25, 0.3) is 0 Å². The first-order valence-electron chi connectivity index (χ1n) is 26.4. The Kier molecular flexibility index (Phi) is 47.1. The number of rotatable bonds is 47. The van der Waals surface area contributed by atoms with Crippen LogP contribution in [0.25, 0.3) is 0 Å². The molecule has 0 spiro atoms. The summed E-state index contributed by atoms with van der Waals surface area (Å²) in [7, 11) is 0. The Balaban J connectivity index is 4.55. The molecule has 0 fully saturated rings. The molecule has 0 rings (SSSR count). The third-order valence-electron chi connectivity index (χ3n) is 11.9. The highest BCUT2D eigenvalue weighted by molar-refractivity contribution is 5.77. The van der Waals surface area contributed by atoms with Gasteiger partial charge in [-0.1, -0.05) is 230 Å². The summed E-state index contributed by atoms with van der Waals surface area (Å²) in [4.78, 5) is 26.1. The van der Waals surface area contributed by atoms with Gasteiger partial charge in [0.2, 0.25) is 5.91 Å². The van der Waals surface area contributed by atoms with E-state index in [9.17, 15) is 19.8 Å². The SMILES string of the molecule is CC/C=C/C/C=C/CCCCCCCC(CC(=O)NC(CO)C(O)CCCCCCCCCCCCCCCCCCC)OC(=O)CC/C=C/C/C=C\CCCCCCCC. The van der Waals surface area contributed by atoms with Gasteiger partial charge in [0.05, 0.1) is 25.2 Å². The van der Waals surface area contributed by atoms with E-state index in [4.69, 9.17) is 4.74 Å². The second kappa shape index (κ2) is 48.8. The maximum atomic E-state index is 13.2. The van der Waals surface area contributed by atoms with Gasteiger partial charge in [-0.25, -0.2) is 0 Å². The molecule has 0 bridgehead atoms. The summed E-state index contributed by atoms with van der Waals surface area (Å²) in [6.45, 7) is 6.36. The molecule has 3 atom stereocenters. The number of allylic oxidation sites excluding steroid dienone is 8. The number of aliphatic hydroxyl groups excluding tert-OH is 2. The maximum Gasteiger partial charge on any atom is 0.306 e. The highest BCUT2D eigenvalue weighted by Gasteiger charge is 2.24. The summed E-state index contributed by atoms with van der Waals surface area (Å²) in [5.41, 5.74) is 0. The summed E-state index contributed by atoms with van der Waals surface area (Å²) in [6.07, 6.45) is 59.0. The van der Waals surface area contributed by atoms with Gasteiger partial charge in [-0.3, -0.25) is 9.59 Å². The molecule has 0 aliphatic carbocycles. The van der Waals surface area contributed by atoms with Crippen LogP contribution in [0.5, 0.6) is 0 Å². The van der Waals surface area contributed by atoms with Gasteiger partial charge >= 0.3 is 5.97 Å². The Bertz CT molecular complexity index is 1050. The number of hydrogen-bond acceptors (Lipinski definition) is 5. The van der Waals surface area contributed by atoms with Crippen LogP contribution in [0.3, 0.4) is 0 Å². The molecule has 61 heavy (non-hydrogen) atoms. The fourth-order valence-electron chi connectivity index (χ4n) is 7.93. The third kappa shape index (κ3) is 44.2. The van der Waals surface area contributed by atoms with Crippen LogP contribution in [-0.4, -0.2) is 46.9 Å². The monoisotopic (exact) mass is 856 g/mol. The van der Waals surface area contributed by atoms with Crippen LogP contribution >= 0.6 is 0 Å². The van der Waals surface area contributed by atoms with Crippen molar-refractivity contribution in [3.05, 3.63) is 48.6 Å². The van der Waals surface area contributed by atoms with Crippen molar-refractivity contribution in [2.45, 2.75) is 283 Å². The van der Waals surface area contributed by atoms with E-state index in [1.54, 1.807) is 0 Å². The Hall–Kier alpha value is -2.18. The standard InChI is InChI=1S/C55H101NO5/c1-4-7-10-13-16-19-22-25-26-27-28-30-32-35-38-41-44-47-53(58)52(50-57)56-54(59)49-51(46-43-40-37-34-31-24-21-18-15-12-9-6-3)61-55(60)48-45-42-39-36-33-29-23-20-17-14-11-8-5-2/h9,12,18,21,29,33,39,42,51-53,57-58H,4-8,10-11,13-17,19-20,22-28,30-32,34-38,40-41,43-50H2,1-3H3,(H,56,59)/b12-9+,21-18+,33-29-,42-39+. The zero-order chi connectivity index (χ0) is 44.5. The Morgan fingerprint density at radius 3 is 1.33 bits per heavy atom. The number of unbranched alkanes of at least 4 members (excludes halogenated alkanes) is 27. The largest absolute Gasteiger partial charge is 0.462 e. The predicted octanol–water partition coefficient (Wildman–Crippen LogP) is 15.8. The zero-order valence-electron chi connectivity index (χ0n) is 40.5. The fourth-order valence-corrected chi connectivity index (χ4v) is 7.93. The average molecular weight is 856 g/mol. The lowest BCUT2D eigenvalue weighted by atomic mass is 10.0. The van der Waals surface area contributed by atoms with Crippen molar-refractivity contribution in [2.75, 3.05) is 6.61 Å². The third-order valence-corrected chi connectivity index (χ3v) is 11.9. The van der Waals surface area contributed by atoms with Crippen molar-refractivity contribution in [3.63, 3.8) is 0 Å². The molecule has 0 saturated carbocycles. The highest BCUT2D eigenvalue weighted by Crippen LogP contribution is 2.18. The topological polar surface area (TPSA) is 95.9 Å². The Labute approximate surface area is 378 Å². The van der Waals surface area contributed by atoms with Crippen molar-refractivity contribution < 1.29 is 24.5 Å². The lowest BCUT2D eigenvalue weighted by molar-refractivity contribution is -0.150. The normalized spacial score (nSPS) is 13.6. The molecule has 6 nitrogen and oxygen atoms in total. The zero-order valence-corrected chi connectivity index (χ0v) is 40.5. The first kappa shape index (κ1) is 58.8. The quantitative estimate of drug-likeness (QED) is 0.0322. The Morgan fingerprint density at radius 1 is 0.492 bits per heavy atom. The summed E-state index contributed by atoms with van der Waals surface area (Å²) < 4.78 is 5.88. The molecule has 0 radical (unpaired) electrons. The minimum atomic E-state index is -0.800. The highest BCUT2D eigenvalue weighted by atomic mass is 16.5. The van der Waals surface area contributed by atoms with Gasteiger partial charge in [-0.05, 0) is 70.6 Å². The molecule has 1 amide bonds. The van der Waals surface area contributed by atoms with E-state index in [0.717, 1.165) is 77.0 Å². The van der Waals surface area contributed by atoms with E-state index in [1.807, 2.05) is 6.08 Å². The van der Waals surface area contributed by atoms with Crippen LogP contribution in [0, 0.1) is 0 Å². The number of hydrogen-bond donors (Lipinski definition) is 3. The number of nitrogens with one attached hydrogen (secondary N) is 1. The molecule has 0 aliphatic heterocycles. The number of carbonyl (C=O) groups excluding carboxylic acids is 2. The molecular weight excluding hydrogens is 755 g/mol. The fraction of sp³-hybridized carbons (Fsp3) is 0.818. The molecule has 3 unspecified atom stereocenters. The molecule has 0 heterocycles. The van der Waals surface area contributed by atoms with Crippen LogP contribution in [0.2, 0.25) is 0 Å². The number of carbonyl (C=O) groups is 2. The van der Waals surface area contributed by atoms with Crippen LogP contribution in [0.1, 0.15) is 265 Å². The van der Waals surface area contributed by atoms with Crippen LogP contribution in [0.15, 0.2) is 48.6 Å². The number of amides is 1. The van der Waals surface area contributed by atoms with E-state index < -0.39 is 18.2 Å². The van der Waals surface area contributed by atoms with E-state index in [0.29, 0.717) is 19.3 Å². The van der Waals surface area contributed by atoms with Crippen LogP contribution < -0.4 is 5.32 Å². The minimum absolute atomic E-state index is 0.0462. The molecule has 0 aromatic rings. The van der Waals surface area contributed by atoms with E-state index in [2.05, 4.69) is 68.6 Å². The van der Waals surface area contributed by atoms with Crippen molar-refractivity contribution >= 4 is 11.9 Å². The molecule has 3 N–H and O–H groups in total. The van der Waals surface area contributed by atoms with E-state index in [1.165, 1.54) is 135 Å². The first-order valence-corrected chi connectivity index (χ1v) is 26.4. The summed E-state index contributed by atoms with van der Waals surface area (Å²) in [6, 6.07) is -0.716. The van der Waals surface area contributed by atoms with Crippen molar-refractivity contribution in [2.24, 2.45) is 0 Å². The second-order valence-electron chi connectivity index (χ2n) is 17.9. The predicted molar refractivity (Wildman–Crippen MR) is 264 cm³/mol. The number of ether oxygens (including phenoxy) is 1. The van der Waals surface area contributed by atoms with Gasteiger partial charge < -0.3 is 20.3 Å². The molecule has 6 heteroatoms. The molecular formula is C55H101NO5. The van der Waals surface area contributed by atoms with Crippen molar-refractivity contribution in [1.82, 2.24) is 5.32 Å². The first-order chi connectivity index (χ1) is 30.0. The van der Waals surface area contributed by atoms with Gasteiger partial charge in [-0.2, -0.15) is 0 Å². The second-order valence-corrected chi connectivity index (χ2v) is 17.9. The molecule has 0 aromatic heterocycles. The van der Waals surface area contributed by atoms with Gasteiger partial charge in [0.15, 0.2) is 0 Å². The molecule has 0 aliphatic rings. The molecule has 0 saturated heterocycles. The van der Waals surface area contributed by atoms with Crippen molar-refractivity contribution in [1.29, 1.82) is 0 Å². The average Bonchev–Trinajstić information content (AvgIpc) is 3.25. The van der Waals surface area contributed by atoms with Crippen LogP contribution in [-0.2, 0) is 14.3 Å². The summed E-state index contributed by atoms with van der Waals surface area (Å²) >= 11 is 0. The number of esters is 1. The lowest BCUT2D eigenvalue weighted by Gasteiger charge is -2.24. The smallest absolute Gasteiger partial charge is 0.306 e. The van der Waals surface area contributed by atoms with Crippen molar-refractivity contribution in [3.8, 4) is 0 Å². The van der Waals surface area contributed by atoms with E-state index >= 15 is 0 Å². The summed E-state index contributed by atoms with van der Waals surface area (Å²) in [5.74, 6) is -0.564. The van der Waals surface area contributed by atoms with Gasteiger partial charge in [-0.15, -0.1) is 0 Å². The van der Waals surface area contributed by atoms with Gasteiger partial charge in [0.1, 0.15) is 6.10 Å². The lowest BCUT2D eigenvalue weighted by Crippen LogP contribution is -2.46. The minimum Gasteiger partial charge on any atom is -0.462 e.